The Morgan fingerprint density at radius 3 is 2.68 bits per heavy atom. The van der Waals surface area contributed by atoms with Gasteiger partial charge in [0.2, 0.25) is 0 Å². The maximum Gasteiger partial charge on any atom is 0.0618 e. The summed E-state index contributed by atoms with van der Waals surface area (Å²) in [6.07, 6.45) is 4.03. The molecule has 0 fully saturated rings. The number of hydrogen-bond donors (Lipinski definition) is 1. The minimum atomic E-state index is 0.160. The Hall–Kier alpha value is -0.650. The molecule has 0 aliphatic carbocycles. The van der Waals surface area contributed by atoms with Crippen molar-refractivity contribution in [1.82, 2.24) is 15.1 Å². The standard InChI is InChI=1S/C14H17Br2N3/c1-3-17-14(10-8-18-19(4-2)9-10)12-6-5-11(15)7-13(12)16/h5-9,14,17H,3-4H2,1-2H3. The number of benzene rings is 1. The second-order valence-corrected chi connectivity index (χ2v) is 6.06. The monoisotopic (exact) mass is 385 g/mol. The van der Waals surface area contributed by atoms with Gasteiger partial charge in [0.25, 0.3) is 0 Å². The van der Waals surface area contributed by atoms with E-state index in [9.17, 15) is 0 Å². The van der Waals surface area contributed by atoms with Crippen LogP contribution in [-0.4, -0.2) is 16.3 Å². The van der Waals surface area contributed by atoms with Crippen molar-refractivity contribution < 1.29 is 0 Å². The van der Waals surface area contributed by atoms with Gasteiger partial charge in [0, 0.05) is 27.3 Å². The lowest BCUT2D eigenvalue weighted by Gasteiger charge is -2.18. The number of aromatic nitrogens is 2. The second kappa shape index (κ2) is 6.68. The van der Waals surface area contributed by atoms with Crippen molar-refractivity contribution in [2.24, 2.45) is 0 Å². The van der Waals surface area contributed by atoms with Crippen LogP contribution in [0.4, 0.5) is 0 Å². The molecule has 3 nitrogen and oxygen atoms in total. The average Bonchev–Trinajstić information content (AvgIpc) is 2.85. The summed E-state index contributed by atoms with van der Waals surface area (Å²) in [6.45, 7) is 6.00. The van der Waals surface area contributed by atoms with E-state index in [-0.39, 0.29) is 6.04 Å². The molecule has 1 N–H and O–H groups in total. The van der Waals surface area contributed by atoms with Gasteiger partial charge in [0.15, 0.2) is 0 Å². The van der Waals surface area contributed by atoms with Crippen molar-refractivity contribution in [3.05, 3.63) is 50.7 Å². The van der Waals surface area contributed by atoms with Crippen LogP contribution in [0.1, 0.15) is 31.0 Å². The third kappa shape index (κ3) is 3.46. The molecule has 19 heavy (non-hydrogen) atoms. The number of rotatable bonds is 5. The highest BCUT2D eigenvalue weighted by Crippen LogP contribution is 2.30. The van der Waals surface area contributed by atoms with E-state index in [1.165, 1.54) is 11.1 Å². The summed E-state index contributed by atoms with van der Waals surface area (Å²) in [4.78, 5) is 0. The lowest BCUT2D eigenvalue weighted by atomic mass is 10.0. The van der Waals surface area contributed by atoms with Crippen molar-refractivity contribution in [2.45, 2.75) is 26.4 Å². The molecule has 1 aromatic heterocycles. The molecule has 0 saturated heterocycles. The maximum absolute atomic E-state index is 4.36. The lowest BCUT2D eigenvalue weighted by molar-refractivity contribution is 0.623. The van der Waals surface area contributed by atoms with Crippen molar-refractivity contribution in [3.63, 3.8) is 0 Å². The Balaban J connectivity index is 2.38. The zero-order valence-corrected chi connectivity index (χ0v) is 14.2. The Morgan fingerprint density at radius 2 is 2.11 bits per heavy atom. The second-order valence-electron chi connectivity index (χ2n) is 4.29. The van der Waals surface area contributed by atoms with E-state index >= 15 is 0 Å². The van der Waals surface area contributed by atoms with E-state index in [0.717, 1.165) is 22.0 Å². The maximum atomic E-state index is 4.36. The molecule has 0 amide bonds. The third-order valence-electron chi connectivity index (χ3n) is 2.99. The quantitative estimate of drug-likeness (QED) is 0.837. The van der Waals surface area contributed by atoms with E-state index < -0.39 is 0 Å². The first-order valence-corrected chi connectivity index (χ1v) is 7.95. The fourth-order valence-corrected chi connectivity index (χ4v) is 3.32. The number of nitrogens with zero attached hydrogens (tertiary/aromatic N) is 2. The molecule has 1 heterocycles. The van der Waals surface area contributed by atoms with Gasteiger partial charge in [0.05, 0.1) is 12.2 Å². The van der Waals surface area contributed by atoms with Crippen LogP contribution in [0.25, 0.3) is 0 Å². The molecule has 0 saturated carbocycles. The van der Waals surface area contributed by atoms with Gasteiger partial charge >= 0.3 is 0 Å². The Kier molecular flexibility index (Phi) is 5.19. The summed E-state index contributed by atoms with van der Waals surface area (Å²) in [5, 5.41) is 7.88. The van der Waals surface area contributed by atoms with Gasteiger partial charge in [-0.05, 0) is 31.2 Å². The highest BCUT2D eigenvalue weighted by atomic mass is 79.9. The molecule has 0 spiro atoms. The van der Waals surface area contributed by atoms with Crippen LogP contribution in [0.15, 0.2) is 39.5 Å². The molecule has 1 unspecified atom stereocenters. The SMILES string of the molecule is CCNC(c1cnn(CC)c1)c1ccc(Br)cc1Br. The van der Waals surface area contributed by atoms with Crippen LogP contribution < -0.4 is 5.32 Å². The topological polar surface area (TPSA) is 29.9 Å². The molecular formula is C14H17Br2N3. The van der Waals surface area contributed by atoms with Crippen LogP contribution in [0, 0.1) is 0 Å². The molecule has 1 atom stereocenters. The summed E-state index contributed by atoms with van der Waals surface area (Å²) in [7, 11) is 0. The first-order valence-electron chi connectivity index (χ1n) is 6.36. The van der Waals surface area contributed by atoms with Gasteiger partial charge in [-0.25, -0.2) is 0 Å². The Bertz CT molecular complexity index is 551. The molecule has 0 bridgehead atoms. The van der Waals surface area contributed by atoms with Crippen LogP contribution >= 0.6 is 31.9 Å². The van der Waals surface area contributed by atoms with E-state index in [4.69, 9.17) is 0 Å². The summed E-state index contributed by atoms with van der Waals surface area (Å²) in [5.74, 6) is 0. The van der Waals surface area contributed by atoms with E-state index in [2.05, 4.69) is 80.5 Å². The van der Waals surface area contributed by atoms with Gasteiger partial charge in [-0.3, -0.25) is 4.68 Å². The van der Waals surface area contributed by atoms with E-state index in [1.807, 2.05) is 10.9 Å². The number of nitrogens with one attached hydrogen (secondary N) is 1. The van der Waals surface area contributed by atoms with Gasteiger partial charge in [-0.1, -0.05) is 44.8 Å². The van der Waals surface area contributed by atoms with Crippen molar-refractivity contribution >= 4 is 31.9 Å². The number of halogens is 2. The summed E-state index contributed by atoms with van der Waals surface area (Å²) < 4.78 is 4.12. The van der Waals surface area contributed by atoms with Gasteiger partial charge in [0.1, 0.15) is 0 Å². The molecule has 2 aromatic rings. The fourth-order valence-electron chi connectivity index (χ4n) is 2.05. The smallest absolute Gasteiger partial charge is 0.0618 e. The first kappa shape index (κ1) is 14.8. The Labute approximate surface area is 130 Å². The predicted molar refractivity (Wildman–Crippen MR) is 85.3 cm³/mol. The van der Waals surface area contributed by atoms with E-state index in [1.54, 1.807) is 0 Å². The minimum Gasteiger partial charge on any atom is -0.306 e. The predicted octanol–water partition coefficient (Wildman–Crippen LogP) is 4.13. The number of hydrogen-bond acceptors (Lipinski definition) is 2. The van der Waals surface area contributed by atoms with E-state index in [0.29, 0.717) is 0 Å². The molecule has 0 radical (unpaired) electrons. The van der Waals surface area contributed by atoms with Crippen LogP contribution in [-0.2, 0) is 6.54 Å². The normalized spacial score (nSPS) is 12.6. The zero-order chi connectivity index (χ0) is 13.8. The van der Waals surface area contributed by atoms with Crippen molar-refractivity contribution in [1.29, 1.82) is 0 Å². The highest BCUT2D eigenvalue weighted by molar-refractivity contribution is 9.11. The van der Waals surface area contributed by atoms with Crippen molar-refractivity contribution in [2.75, 3.05) is 6.54 Å². The van der Waals surface area contributed by atoms with Gasteiger partial charge in [-0.2, -0.15) is 5.10 Å². The van der Waals surface area contributed by atoms with Crippen LogP contribution in [0.3, 0.4) is 0 Å². The van der Waals surface area contributed by atoms with Crippen LogP contribution in [0.2, 0.25) is 0 Å². The minimum absolute atomic E-state index is 0.160. The Morgan fingerprint density at radius 1 is 1.32 bits per heavy atom. The third-order valence-corrected chi connectivity index (χ3v) is 4.17. The van der Waals surface area contributed by atoms with Crippen molar-refractivity contribution in [3.8, 4) is 0 Å². The molecule has 0 aliphatic heterocycles. The van der Waals surface area contributed by atoms with Gasteiger partial charge < -0.3 is 5.32 Å². The fraction of sp³-hybridized carbons (Fsp3) is 0.357. The molecule has 5 heteroatoms. The molecule has 2 rings (SSSR count). The average molecular weight is 387 g/mol. The zero-order valence-electron chi connectivity index (χ0n) is 11.0. The molecule has 102 valence electrons. The van der Waals surface area contributed by atoms with Crippen LogP contribution in [0.5, 0.6) is 0 Å². The number of aryl methyl sites for hydroxylation is 1. The summed E-state index contributed by atoms with van der Waals surface area (Å²) >= 11 is 7.13. The molecular weight excluding hydrogens is 370 g/mol. The lowest BCUT2D eigenvalue weighted by Crippen LogP contribution is -2.22. The molecule has 0 aliphatic rings. The van der Waals surface area contributed by atoms with Gasteiger partial charge in [-0.15, -0.1) is 0 Å². The first-order chi connectivity index (χ1) is 9.15. The summed E-state index contributed by atoms with van der Waals surface area (Å²) in [5.41, 5.74) is 2.41. The summed E-state index contributed by atoms with van der Waals surface area (Å²) in [6, 6.07) is 6.43. The highest BCUT2D eigenvalue weighted by Gasteiger charge is 2.17. The largest absolute Gasteiger partial charge is 0.306 e. The molecule has 1 aromatic carbocycles.